The highest BCUT2D eigenvalue weighted by atomic mass is 35.5. The maximum atomic E-state index is 14.0. The van der Waals surface area contributed by atoms with Crippen LogP contribution in [0.15, 0.2) is 29.2 Å². The second kappa shape index (κ2) is 7.52. The number of carbonyl (C=O) groups is 2. The van der Waals surface area contributed by atoms with Gasteiger partial charge in [-0.05, 0) is 25.8 Å². The SMILES string of the molecule is C[C@]12CCCO[C@H]1Cn1cc(C(=O)NCc3cccc(Cl)c3F)c(=O)c(O)c1C2=O. The molecule has 9 heteroatoms. The van der Waals surface area contributed by atoms with E-state index in [9.17, 15) is 23.9 Å². The third kappa shape index (κ3) is 3.20. The van der Waals surface area contributed by atoms with E-state index in [0.717, 1.165) is 0 Å². The Bertz CT molecular complexity index is 1120. The van der Waals surface area contributed by atoms with E-state index < -0.39 is 34.4 Å². The molecule has 2 aromatic rings. The van der Waals surface area contributed by atoms with Crippen molar-refractivity contribution in [3.05, 3.63) is 62.3 Å². The molecule has 2 N–H and O–H groups in total. The third-order valence-electron chi connectivity index (χ3n) is 5.94. The predicted molar refractivity (Wildman–Crippen MR) is 106 cm³/mol. The third-order valence-corrected chi connectivity index (χ3v) is 6.23. The van der Waals surface area contributed by atoms with Crippen LogP contribution in [0.4, 0.5) is 4.39 Å². The van der Waals surface area contributed by atoms with Crippen molar-refractivity contribution in [3.8, 4) is 5.75 Å². The molecule has 0 unspecified atom stereocenters. The number of nitrogens with zero attached hydrogens (tertiary/aromatic N) is 1. The molecule has 0 aliphatic carbocycles. The van der Waals surface area contributed by atoms with Crippen molar-refractivity contribution in [2.45, 2.75) is 39.0 Å². The number of ether oxygens (including phenoxy) is 1. The lowest BCUT2D eigenvalue weighted by atomic mass is 9.71. The molecule has 0 bridgehead atoms. The summed E-state index contributed by atoms with van der Waals surface area (Å²) in [6, 6.07) is 4.38. The minimum absolute atomic E-state index is 0.0812. The summed E-state index contributed by atoms with van der Waals surface area (Å²) in [5.74, 6) is -2.59. The molecule has 1 saturated heterocycles. The van der Waals surface area contributed by atoms with Gasteiger partial charge in [0, 0.05) is 24.9 Å². The number of halogens is 2. The van der Waals surface area contributed by atoms with Crippen LogP contribution in [0.2, 0.25) is 5.02 Å². The van der Waals surface area contributed by atoms with Gasteiger partial charge in [0.1, 0.15) is 17.1 Å². The van der Waals surface area contributed by atoms with Gasteiger partial charge in [-0.15, -0.1) is 0 Å². The monoisotopic (exact) mass is 434 g/mol. The number of carbonyl (C=O) groups excluding carboxylic acids is 2. The van der Waals surface area contributed by atoms with Gasteiger partial charge >= 0.3 is 0 Å². The molecule has 158 valence electrons. The highest BCUT2D eigenvalue weighted by Crippen LogP contribution is 2.42. The van der Waals surface area contributed by atoms with Crippen LogP contribution >= 0.6 is 11.6 Å². The second-order valence-corrected chi connectivity index (χ2v) is 8.23. The molecular weight excluding hydrogens is 415 g/mol. The number of amides is 1. The van der Waals surface area contributed by atoms with E-state index in [1.807, 2.05) is 0 Å². The summed E-state index contributed by atoms with van der Waals surface area (Å²) in [5, 5.41) is 12.8. The standard InChI is InChI=1S/C21H20ClFN2O5/c1-21-6-3-7-30-14(21)10-25-9-12(17(26)18(27)16(25)19(21)28)20(29)24-8-11-4-2-5-13(22)15(11)23/h2,4-5,9,14,27H,3,6-8,10H2,1H3,(H,24,29)/t14-,21-/m0/s1. The minimum Gasteiger partial charge on any atom is -0.503 e. The molecule has 1 amide bonds. The fourth-order valence-electron chi connectivity index (χ4n) is 4.12. The van der Waals surface area contributed by atoms with Crippen LogP contribution in [-0.2, 0) is 17.8 Å². The van der Waals surface area contributed by atoms with Crippen molar-refractivity contribution in [3.63, 3.8) is 0 Å². The Labute approximate surface area is 176 Å². The van der Waals surface area contributed by atoms with Crippen molar-refractivity contribution < 1.29 is 23.8 Å². The molecule has 1 fully saturated rings. The Morgan fingerprint density at radius 3 is 2.97 bits per heavy atom. The topological polar surface area (TPSA) is 97.6 Å². The molecule has 2 aliphatic heterocycles. The average Bonchev–Trinajstić information content (AvgIpc) is 2.72. The molecule has 0 spiro atoms. The van der Waals surface area contributed by atoms with Crippen molar-refractivity contribution in [1.29, 1.82) is 0 Å². The van der Waals surface area contributed by atoms with E-state index in [2.05, 4.69) is 5.32 Å². The maximum absolute atomic E-state index is 14.0. The number of ketones is 1. The van der Waals surface area contributed by atoms with E-state index in [1.165, 1.54) is 22.9 Å². The first-order chi connectivity index (χ1) is 14.2. The highest BCUT2D eigenvalue weighted by Gasteiger charge is 2.49. The predicted octanol–water partition coefficient (Wildman–Crippen LogP) is 2.66. The number of pyridine rings is 1. The van der Waals surface area contributed by atoms with Gasteiger partial charge in [-0.25, -0.2) is 4.39 Å². The Kier molecular flexibility index (Phi) is 5.15. The summed E-state index contributed by atoms with van der Waals surface area (Å²) in [7, 11) is 0. The van der Waals surface area contributed by atoms with Crippen LogP contribution in [0, 0.1) is 11.2 Å². The van der Waals surface area contributed by atoms with Crippen LogP contribution in [-0.4, -0.2) is 34.1 Å². The summed E-state index contributed by atoms with van der Waals surface area (Å²) in [4.78, 5) is 38.3. The number of Topliss-reactive ketones (excluding diaryl/α,β-unsaturated/α-hetero) is 1. The summed E-state index contributed by atoms with van der Waals surface area (Å²) in [6.45, 7) is 2.32. The largest absolute Gasteiger partial charge is 0.503 e. The molecule has 1 aromatic heterocycles. The van der Waals surface area contributed by atoms with Gasteiger partial charge in [-0.1, -0.05) is 23.7 Å². The molecule has 0 saturated carbocycles. The van der Waals surface area contributed by atoms with Crippen molar-refractivity contribution in [2.24, 2.45) is 5.41 Å². The van der Waals surface area contributed by atoms with E-state index in [-0.39, 0.29) is 40.7 Å². The van der Waals surface area contributed by atoms with Crippen LogP contribution in [0.25, 0.3) is 0 Å². The summed E-state index contributed by atoms with van der Waals surface area (Å²) in [6.07, 6.45) is 2.14. The fourth-order valence-corrected chi connectivity index (χ4v) is 4.32. The lowest BCUT2D eigenvalue weighted by molar-refractivity contribution is -0.0740. The zero-order valence-electron chi connectivity index (χ0n) is 16.2. The average molecular weight is 435 g/mol. The zero-order chi connectivity index (χ0) is 21.6. The molecule has 30 heavy (non-hydrogen) atoms. The molecule has 1 aromatic carbocycles. The molecular formula is C21H20ClFN2O5. The molecule has 4 rings (SSSR count). The molecule has 0 radical (unpaired) electrons. The minimum atomic E-state index is -0.947. The van der Waals surface area contributed by atoms with E-state index in [0.29, 0.717) is 19.4 Å². The quantitative estimate of drug-likeness (QED) is 0.774. The van der Waals surface area contributed by atoms with Gasteiger partial charge in [-0.3, -0.25) is 14.4 Å². The van der Waals surface area contributed by atoms with Gasteiger partial charge in [0.05, 0.1) is 23.1 Å². The van der Waals surface area contributed by atoms with Gasteiger partial charge in [0.15, 0.2) is 11.5 Å². The first-order valence-electron chi connectivity index (χ1n) is 9.58. The van der Waals surface area contributed by atoms with Crippen LogP contribution < -0.4 is 10.7 Å². The van der Waals surface area contributed by atoms with E-state index >= 15 is 0 Å². The van der Waals surface area contributed by atoms with E-state index in [1.54, 1.807) is 13.0 Å². The number of benzene rings is 1. The Morgan fingerprint density at radius 2 is 2.20 bits per heavy atom. The Hall–Kier alpha value is -2.71. The van der Waals surface area contributed by atoms with Gasteiger partial charge in [0.25, 0.3) is 5.91 Å². The van der Waals surface area contributed by atoms with Crippen LogP contribution in [0.1, 0.15) is 46.2 Å². The van der Waals surface area contributed by atoms with Gasteiger partial charge < -0.3 is 19.7 Å². The number of hydrogen-bond donors (Lipinski definition) is 2. The number of rotatable bonds is 3. The first-order valence-corrected chi connectivity index (χ1v) is 9.95. The van der Waals surface area contributed by atoms with Crippen molar-refractivity contribution in [2.75, 3.05) is 6.61 Å². The van der Waals surface area contributed by atoms with Crippen LogP contribution in [0.5, 0.6) is 5.75 Å². The first kappa shape index (κ1) is 20.6. The lowest BCUT2D eigenvalue weighted by Gasteiger charge is -2.44. The summed E-state index contributed by atoms with van der Waals surface area (Å²) in [5.41, 5.74) is -2.07. The van der Waals surface area contributed by atoms with Crippen molar-refractivity contribution in [1.82, 2.24) is 9.88 Å². The molecule has 7 nitrogen and oxygen atoms in total. The van der Waals surface area contributed by atoms with Gasteiger partial charge in [0.2, 0.25) is 5.43 Å². The normalized spacial score (nSPS) is 22.9. The second-order valence-electron chi connectivity index (χ2n) is 7.83. The summed E-state index contributed by atoms with van der Waals surface area (Å²) >= 11 is 5.73. The molecule has 2 atom stereocenters. The highest BCUT2D eigenvalue weighted by molar-refractivity contribution is 6.30. The lowest BCUT2D eigenvalue weighted by Crippen LogP contribution is -2.52. The number of fused-ring (bicyclic) bond motifs is 2. The smallest absolute Gasteiger partial charge is 0.257 e. The van der Waals surface area contributed by atoms with Crippen LogP contribution in [0.3, 0.4) is 0 Å². The number of aromatic hydroxyl groups is 1. The van der Waals surface area contributed by atoms with Gasteiger partial charge in [-0.2, -0.15) is 0 Å². The maximum Gasteiger partial charge on any atom is 0.257 e. The number of hydrogen-bond acceptors (Lipinski definition) is 5. The fraction of sp³-hybridized carbons (Fsp3) is 0.381. The van der Waals surface area contributed by atoms with E-state index in [4.69, 9.17) is 16.3 Å². The molecule has 3 heterocycles. The molecule has 2 aliphatic rings. The Balaban J connectivity index is 1.65. The number of aromatic nitrogens is 1. The number of nitrogens with one attached hydrogen (secondary N) is 1. The van der Waals surface area contributed by atoms with Crippen molar-refractivity contribution >= 4 is 23.3 Å². The zero-order valence-corrected chi connectivity index (χ0v) is 17.0. The summed E-state index contributed by atoms with van der Waals surface area (Å²) < 4.78 is 21.2. The Morgan fingerprint density at radius 1 is 1.43 bits per heavy atom.